The predicted molar refractivity (Wildman–Crippen MR) is 85.6 cm³/mol. The van der Waals surface area contributed by atoms with E-state index in [-0.39, 0.29) is 10.8 Å². The number of piperidine rings is 1. The van der Waals surface area contributed by atoms with Crippen molar-refractivity contribution in [3.8, 4) is 6.07 Å². The van der Waals surface area contributed by atoms with Crippen LogP contribution in [0.3, 0.4) is 0 Å². The first-order valence-electron chi connectivity index (χ1n) is 7.87. The van der Waals surface area contributed by atoms with E-state index < -0.39 is 10.0 Å². The third kappa shape index (κ3) is 3.18. The summed E-state index contributed by atoms with van der Waals surface area (Å²) in [6.07, 6.45) is 2.22. The summed E-state index contributed by atoms with van der Waals surface area (Å²) in [6.45, 7) is 2.70. The zero-order chi connectivity index (χ0) is 17.2. The molecule has 0 aliphatic carbocycles. The van der Waals surface area contributed by atoms with Gasteiger partial charge in [0.05, 0.1) is 22.4 Å². The van der Waals surface area contributed by atoms with Crippen LogP contribution in [-0.4, -0.2) is 36.0 Å². The van der Waals surface area contributed by atoms with E-state index in [9.17, 15) is 8.42 Å². The number of sulfonamides is 1. The second kappa shape index (κ2) is 6.71. The Bertz CT molecular complexity index is 869. The monoisotopic (exact) mass is 346 g/mol. The molecule has 1 atom stereocenters. The van der Waals surface area contributed by atoms with Crippen LogP contribution in [0.5, 0.6) is 0 Å². The van der Waals surface area contributed by atoms with E-state index in [0.717, 1.165) is 12.8 Å². The molecule has 1 aromatic heterocycles. The minimum absolute atomic E-state index is 0.0968. The van der Waals surface area contributed by atoms with E-state index >= 15 is 0 Å². The number of nitriles is 1. The molecule has 0 saturated carbocycles. The molecule has 1 saturated heterocycles. The number of rotatable bonds is 4. The van der Waals surface area contributed by atoms with Crippen molar-refractivity contribution in [3.63, 3.8) is 0 Å². The number of hydrogen-bond acceptors (Lipinski definition) is 6. The highest BCUT2D eigenvalue weighted by Gasteiger charge is 2.33. The number of nitrogens with zero attached hydrogens (tertiary/aromatic N) is 4. The normalized spacial score (nSPS) is 19.1. The summed E-state index contributed by atoms with van der Waals surface area (Å²) in [5, 5.41) is 12.9. The molecule has 24 heavy (non-hydrogen) atoms. The fraction of sp³-hybridized carbons (Fsp3) is 0.438. The molecular weight excluding hydrogens is 328 g/mol. The Morgan fingerprint density at radius 1 is 1.46 bits per heavy atom. The fourth-order valence-electron chi connectivity index (χ4n) is 2.81. The summed E-state index contributed by atoms with van der Waals surface area (Å²) in [7, 11) is -3.64. The van der Waals surface area contributed by atoms with E-state index in [1.807, 2.05) is 13.0 Å². The van der Waals surface area contributed by atoms with Crippen LogP contribution in [0.1, 0.15) is 43.0 Å². The summed E-state index contributed by atoms with van der Waals surface area (Å²) < 4.78 is 32.4. The maximum atomic E-state index is 12.8. The van der Waals surface area contributed by atoms with Crippen molar-refractivity contribution < 1.29 is 12.9 Å². The standard InChI is InChI=1S/C16H18N4O3S/c1-2-15-18-16(23-19-15)13-6-4-8-20(11-13)24(21,22)14-7-3-5-12(9-14)10-17/h3,5,7,9,13H,2,4,6,8,11H2,1H3/t13-/m0/s1. The van der Waals surface area contributed by atoms with Crippen molar-refractivity contribution >= 4 is 10.0 Å². The van der Waals surface area contributed by atoms with Gasteiger partial charge in [0.1, 0.15) is 0 Å². The predicted octanol–water partition coefficient (Wildman–Crippen LogP) is 2.07. The third-order valence-corrected chi connectivity index (χ3v) is 6.00. The first-order valence-corrected chi connectivity index (χ1v) is 9.31. The molecule has 0 amide bonds. The van der Waals surface area contributed by atoms with Gasteiger partial charge in [0.2, 0.25) is 15.9 Å². The van der Waals surface area contributed by atoms with Gasteiger partial charge >= 0.3 is 0 Å². The van der Waals surface area contributed by atoms with Crippen LogP contribution in [-0.2, 0) is 16.4 Å². The van der Waals surface area contributed by atoms with E-state index in [0.29, 0.717) is 36.8 Å². The second-order valence-corrected chi connectivity index (χ2v) is 7.68. The van der Waals surface area contributed by atoms with Gasteiger partial charge in [-0.1, -0.05) is 18.1 Å². The molecule has 7 nitrogen and oxygen atoms in total. The second-order valence-electron chi connectivity index (χ2n) is 5.74. The van der Waals surface area contributed by atoms with Crippen molar-refractivity contribution in [2.75, 3.05) is 13.1 Å². The molecule has 0 radical (unpaired) electrons. The molecule has 0 spiro atoms. The molecule has 2 aromatic rings. The molecule has 0 bridgehead atoms. The Morgan fingerprint density at radius 3 is 3.00 bits per heavy atom. The van der Waals surface area contributed by atoms with Crippen molar-refractivity contribution in [2.45, 2.75) is 37.0 Å². The summed E-state index contributed by atoms with van der Waals surface area (Å²) >= 11 is 0. The van der Waals surface area contributed by atoms with Gasteiger partial charge in [-0.2, -0.15) is 14.6 Å². The zero-order valence-electron chi connectivity index (χ0n) is 13.3. The van der Waals surface area contributed by atoms with Crippen LogP contribution in [0.15, 0.2) is 33.7 Å². The topological polar surface area (TPSA) is 100 Å². The lowest BCUT2D eigenvalue weighted by Crippen LogP contribution is -2.39. The van der Waals surface area contributed by atoms with Crippen molar-refractivity contribution in [1.29, 1.82) is 5.26 Å². The summed E-state index contributed by atoms with van der Waals surface area (Å²) in [5.41, 5.74) is 0.328. The molecule has 3 rings (SSSR count). The van der Waals surface area contributed by atoms with Crippen LogP contribution in [0.2, 0.25) is 0 Å². The number of aromatic nitrogens is 2. The highest BCUT2D eigenvalue weighted by Crippen LogP contribution is 2.29. The Labute approximate surface area is 141 Å². The minimum Gasteiger partial charge on any atom is -0.339 e. The first-order chi connectivity index (χ1) is 11.5. The van der Waals surface area contributed by atoms with Gasteiger partial charge in [-0.05, 0) is 31.0 Å². The quantitative estimate of drug-likeness (QED) is 0.840. The molecule has 1 aliphatic rings. The van der Waals surface area contributed by atoms with E-state index in [4.69, 9.17) is 9.78 Å². The van der Waals surface area contributed by atoms with Gasteiger partial charge in [0.25, 0.3) is 0 Å². The smallest absolute Gasteiger partial charge is 0.243 e. The molecule has 1 aliphatic heterocycles. The number of hydrogen-bond donors (Lipinski definition) is 0. The Hall–Kier alpha value is -2.24. The van der Waals surface area contributed by atoms with Crippen molar-refractivity contribution in [1.82, 2.24) is 14.4 Å². The Balaban J connectivity index is 1.84. The van der Waals surface area contributed by atoms with Gasteiger partial charge in [-0.15, -0.1) is 0 Å². The molecular formula is C16H18N4O3S. The van der Waals surface area contributed by atoms with Crippen LogP contribution >= 0.6 is 0 Å². The minimum atomic E-state index is -3.64. The van der Waals surface area contributed by atoms with Crippen molar-refractivity contribution in [2.24, 2.45) is 0 Å². The highest BCUT2D eigenvalue weighted by atomic mass is 32.2. The van der Waals surface area contributed by atoms with Crippen LogP contribution in [0.25, 0.3) is 0 Å². The molecule has 126 valence electrons. The lowest BCUT2D eigenvalue weighted by molar-refractivity contribution is 0.265. The molecule has 1 fully saturated rings. The first kappa shape index (κ1) is 16.6. The van der Waals surface area contributed by atoms with Gasteiger partial charge in [0, 0.05) is 19.5 Å². The van der Waals surface area contributed by atoms with Gasteiger partial charge in [-0.3, -0.25) is 0 Å². The summed E-state index contributed by atoms with van der Waals surface area (Å²) in [4.78, 5) is 4.47. The largest absolute Gasteiger partial charge is 0.339 e. The Kier molecular flexibility index (Phi) is 4.64. The molecule has 2 heterocycles. The SMILES string of the molecule is CCc1noc([C@H]2CCCN(S(=O)(=O)c3cccc(C#N)c3)C2)n1. The third-order valence-electron chi connectivity index (χ3n) is 4.13. The zero-order valence-corrected chi connectivity index (χ0v) is 14.2. The average Bonchev–Trinajstić information content (AvgIpc) is 3.11. The van der Waals surface area contributed by atoms with Crippen LogP contribution < -0.4 is 0 Å². The van der Waals surface area contributed by atoms with E-state index in [2.05, 4.69) is 10.1 Å². The molecule has 0 unspecified atom stereocenters. The Morgan fingerprint density at radius 2 is 2.29 bits per heavy atom. The van der Waals surface area contributed by atoms with E-state index in [1.165, 1.54) is 16.4 Å². The van der Waals surface area contributed by atoms with Gasteiger partial charge in [-0.25, -0.2) is 8.42 Å². The lowest BCUT2D eigenvalue weighted by Gasteiger charge is -2.30. The fourth-order valence-corrected chi connectivity index (χ4v) is 4.38. The van der Waals surface area contributed by atoms with Crippen LogP contribution in [0.4, 0.5) is 0 Å². The lowest BCUT2D eigenvalue weighted by atomic mass is 10.00. The molecule has 8 heteroatoms. The van der Waals surface area contributed by atoms with Gasteiger partial charge < -0.3 is 4.52 Å². The average molecular weight is 346 g/mol. The van der Waals surface area contributed by atoms with Gasteiger partial charge in [0.15, 0.2) is 5.82 Å². The maximum Gasteiger partial charge on any atom is 0.243 e. The van der Waals surface area contributed by atoms with Crippen molar-refractivity contribution in [3.05, 3.63) is 41.5 Å². The molecule has 1 aromatic carbocycles. The summed E-state index contributed by atoms with van der Waals surface area (Å²) in [6, 6.07) is 8.06. The van der Waals surface area contributed by atoms with Crippen LogP contribution in [0, 0.1) is 11.3 Å². The maximum absolute atomic E-state index is 12.8. The number of benzene rings is 1. The van der Waals surface area contributed by atoms with E-state index in [1.54, 1.807) is 12.1 Å². The molecule has 0 N–H and O–H groups in total. The highest BCUT2D eigenvalue weighted by molar-refractivity contribution is 7.89. The number of aryl methyl sites for hydroxylation is 1. The summed E-state index contributed by atoms with van der Waals surface area (Å²) in [5.74, 6) is 1.03.